The van der Waals surface area contributed by atoms with Crippen molar-refractivity contribution in [3.05, 3.63) is 29.8 Å². The van der Waals surface area contributed by atoms with E-state index in [1.54, 1.807) is 0 Å². The van der Waals surface area contributed by atoms with Gasteiger partial charge in [0, 0.05) is 43.3 Å². The van der Waals surface area contributed by atoms with E-state index in [1.165, 1.54) is 38.0 Å². The molecule has 2 aliphatic heterocycles. The number of carbonyl (C=O) groups excluding carboxylic acids is 1. The van der Waals surface area contributed by atoms with Gasteiger partial charge in [0.1, 0.15) is 0 Å². The van der Waals surface area contributed by atoms with Gasteiger partial charge in [-0.2, -0.15) is 0 Å². The topological polar surface area (TPSA) is 23.6 Å². The predicted molar refractivity (Wildman–Crippen MR) is 82.5 cm³/mol. The maximum absolute atomic E-state index is 11.7. The summed E-state index contributed by atoms with van der Waals surface area (Å²) in [6.45, 7) is 6.62. The maximum Gasteiger partial charge on any atom is 0.162 e. The minimum atomic E-state index is 0.230. The standard InChI is InChI=1S/C17H24N2O/c1-2-17(20)14-6-8-15(9-7-14)19-12-11-18-10-4-3-5-16(18)13-19/h6-9,16H,2-5,10-13H2,1H3. The number of rotatable bonds is 3. The first-order chi connectivity index (χ1) is 9.78. The summed E-state index contributed by atoms with van der Waals surface area (Å²) < 4.78 is 0. The van der Waals surface area contributed by atoms with Gasteiger partial charge in [0.05, 0.1) is 0 Å². The zero-order valence-electron chi connectivity index (χ0n) is 12.3. The van der Waals surface area contributed by atoms with Crippen molar-refractivity contribution in [2.75, 3.05) is 31.1 Å². The van der Waals surface area contributed by atoms with Crippen LogP contribution < -0.4 is 4.90 Å². The summed E-state index contributed by atoms with van der Waals surface area (Å²) in [5, 5.41) is 0. The van der Waals surface area contributed by atoms with Gasteiger partial charge >= 0.3 is 0 Å². The van der Waals surface area contributed by atoms with Crippen molar-refractivity contribution in [3.63, 3.8) is 0 Å². The predicted octanol–water partition coefficient (Wildman–Crippen LogP) is 2.95. The molecule has 1 unspecified atom stereocenters. The van der Waals surface area contributed by atoms with Crippen LogP contribution in [0.3, 0.4) is 0 Å². The quantitative estimate of drug-likeness (QED) is 0.790. The van der Waals surface area contributed by atoms with E-state index in [9.17, 15) is 4.79 Å². The van der Waals surface area contributed by atoms with Gasteiger partial charge in [0.25, 0.3) is 0 Å². The monoisotopic (exact) mass is 272 g/mol. The number of nitrogens with zero attached hydrogens (tertiary/aromatic N) is 2. The van der Waals surface area contributed by atoms with Crippen LogP contribution in [0, 0.1) is 0 Å². The van der Waals surface area contributed by atoms with E-state index in [4.69, 9.17) is 0 Å². The molecule has 0 bridgehead atoms. The summed E-state index contributed by atoms with van der Waals surface area (Å²) in [6, 6.07) is 8.92. The molecule has 2 aliphatic rings. The van der Waals surface area contributed by atoms with Crippen molar-refractivity contribution in [2.45, 2.75) is 38.6 Å². The highest BCUT2D eigenvalue weighted by Gasteiger charge is 2.28. The van der Waals surface area contributed by atoms with E-state index < -0.39 is 0 Å². The third-order valence-electron chi connectivity index (χ3n) is 4.71. The smallest absolute Gasteiger partial charge is 0.162 e. The van der Waals surface area contributed by atoms with E-state index in [1.807, 2.05) is 19.1 Å². The molecular formula is C17H24N2O. The molecule has 1 atom stereocenters. The minimum absolute atomic E-state index is 0.230. The van der Waals surface area contributed by atoms with Crippen LogP contribution >= 0.6 is 0 Å². The van der Waals surface area contributed by atoms with Crippen molar-refractivity contribution in [1.82, 2.24) is 4.90 Å². The second-order valence-electron chi connectivity index (χ2n) is 5.96. The highest BCUT2D eigenvalue weighted by atomic mass is 16.1. The number of ketones is 1. The molecule has 108 valence electrons. The lowest BCUT2D eigenvalue weighted by atomic mass is 9.99. The minimum Gasteiger partial charge on any atom is -0.369 e. The fraction of sp³-hybridized carbons (Fsp3) is 0.588. The molecule has 0 radical (unpaired) electrons. The van der Waals surface area contributed by atoms with Crippen LogP contribution in [0.1, 0.15) is 43.0 Å². The fourth-order valence-electron chi connectivity index (χ4n) is 3.45. The molecular weight excluding hydrogens is 248 g/mol. The average molecular weight is 272 g/mol. The van der Waals surface area contributed by atoms with Crippen molar-refractivity contribution < 1.29 is 4.79 Å². The van der Waals surface area contributed by atoms with E-state index in [0.29, 0.717) is 6.42 Å². The van der Waals surface area contributed by atoms with Gasteiger partial charge in [-0.25, -0.2) is 0 Å². The number of carbonyl (C=O) groups is 1. The Morgan fingerprint density at radius 2 is 1.95 bits per heavy atom. The fourth-order valence-corrected chi connectivity index (χ4v) is 3.45. The Labute approximate surface area is 121 Å². The molecule has 20 heavy (non-hydrogen) atoms. The van der Waals surface area contributed by atoms with Gasteiger partial charge < -0.3 is 4.90 Å². The van der Waals surface area contributed by atoms with Gasteiger partial charge in [-0.1, -0.05) is 13.3 Å². The number of Topliss-reactive ketones (excluding diaryl/α,β-unsaturated/α-hetero) is 1. The number of benzene rings is 1. The Morgan fingerprint density at radius 3 is 2.70 bits per heavy atom. The summed E-state index contributed by atoms with van der Waals surface area (Å²) >= 11 is 0. The third-order valence-corrected chi connectivity index (χ3v) is 4.71. The Kier molecular flexibility index (Phi) is 4.06. The maximum atomic E-state index is 11.7. The van der Waals surface area contributed by atoms with Gasteiger partial charge in [-0.15, -0.1) is 0 Å². The van der Waals surface area contributed by atoms with E-state index in [-0.39, 0.29) is 5.78 Å². The van der Waals surface area contributed by atoms with E-state index >= 15 is 0 Å². The van der Waals surface area contributed by atoms with Crippen molar-refractivity contribution in [3.8, 4) is 0 Å². The Bertz CT molecular complexity index is 468. The van der Waals surface area contributed by atoms with Crippen LogP contribution in [0.2, 0.25) is 0 Å². The van der Waals surface area contributed by atoms with Gasteiger partial charge in [0.2, 0.25) is 0 Å². The number of hydrogen-bond acceptors (Lipinski definition) is 3. The summed E-state index contributed by atoms with van der Waals surface area (Å²) in [5.41, 5.74) is 2.11. The van der Waals surface area contributed by atoms with Crippen molar-refractivity contribution >= 4 is 11.5 Å². The largest absolute Gasteiger partial charge is 0.369 e. The van der Waals surface area contributed by atoms with Gasteiger partial charge in [0.15, 0.2) is 5.78 Å². The number of anilines is 1. The molecule has 2 saturated heterocycles. The summed E-state index contributed by atoms with van der Waals surface area (Å²) in [4.78, 5) is 16.8. The van der Waals surface area contributed by atoms with Gasteiger partial charge in [-0.3, -0.25) is 9.69 Å². The molecule has 3 heteroatoms. The molecule has 2 fully saturated rings. The van der Waals surface area contributed by atoms with Crippen LogP contribution in [-0.4, -0.2) is 42.9 Å². The van der Waals surface area contributed by atoms with Crippen LogP contribution in [0.4, 0.5) is 5.69 Å². The molecule has 0 spiro atoms. The number of hydrogen-bond donors (Lipinski definition) is 0. The number of fused-ring (bicyclic) bond motifs is 1. The summed E-state index contributed by atoms with van der Waals surface area (Å²) in [7, 11) is 0. The summed E-state index contributed by atoms with van der Waals surface area (Å²) in [6.07, 6.45) is 4.66. The number of piperidine rings is 1. The molecule has 0 N–H and O–H groups in total. The Hall–Kier alpha value is -1.35. The molecule has 0 amide bonds. The van der Waals surface area contributed by atoms with Crippen LogP contribution in [0.5, 0.6) is 0 Å². The average Bonchev–Trinajstić information content (AvgIpc) is 2.54. The Morgan fingerprint density at radius 1 is 1.15 bits per heavy atom. The van der Waals surface area contributed by atoms with Crippen LogP contribution in [-0.2, 0) is 0 Å². The molecule has 0 saturated carbocycles. The highest BCUT2D eigenvalue weighted by Crippen LogP contribution is 2.25. The lowest BCUT2D eigenvalue weighted by molar-refractivity contribution is 0.0988. The molecule has 0 aromatic heterocycles. The summed E-state index contributed by atoms with van der Waals surface area (Å²) in [5.74, 6) is 0.230. The highest BCUT2D eigenvalue weighted by molar-refractivity contribution is 5.96. The van der Waals surface area contributed by atoms with Crippen molar-refractivity contribution in [1.29, 1.82) is 0 Å². The molecule has 3 nitrogen and oxygen atoms in total. The SMILES string of the molecule is CCC(=O)c1ccc(N2CCN3CCCCC3C2)cc1. The molecule has 1 aromatic rings. The van der Waals surface area contributed by atoms with Crippen molar-refractivity contribution in [2.24, 2.45) is 0 Å². The molecule has 0 aliphatic carbocycles. The second-order valence-corrected chi connectivity index (χ2v) is 5.96. The first kappa shape index (κ1) is 13.6. The Balaban J connectivity index is 1.68. The normalized spacial score (nSPS) is 23.4. The van der Waals surface area contributed by atoms with E-state index in [0.717, 1.165) is 24.7 Å². The van der Waals surface area contributed by atoms with Crippen LogP contribution in [0.25, 0.3) is 0 Å². The van der Waals surface area contributed by atoms with Gasteiger partial charge in [-0.05, 0) is 43.7 Å². The lowest BCUT2D eigenvalue weighted by Gasteiger charge is -2.45. The molecule has 2 heterocycles. The first-order valence-corrected chi connectivity index (χ1v) is 7.90. The zero-order chi connectivity index (χ0) is 13.9. The van der Waals surface area contributed by atoms with E-state index in [2.05, 4.69) is 21.9 Å². The third kappa shape index (κ3) is 2.73. The lowest BCUT2D eigenvalue weighted by Crippen LogP contribution is -2.54. The molecule has 3 rings (SSSR count). The molecule has 1 aromatic carbocycles. The second kappa shape index (κ2) is 5.96. The number of piperazine rings is 1. The first-order valence-electron chi connectivity index (χ1n) is 7.90. The van der Waals surface area contributed by atoms with Crippen LogP contribution in [0.15, 0.2) is 24.3 Å². The zero-order valence-corrected chi connectivity index (χ0v) is 12.3.